The Balaban J connectivity index is 2.53. The highest BCUT2D eigenvalue weighted by molar-refractivity contribution is 9.12. The lowest BCUT2D eigenvalue weighted by Gasteiger charge is -2.20. The molecule has 0 saturated heterocycles. The van der Waals surface area contributed by atoms with E-state index in [1.165, 1.54) is 16.8 Å². The van der Waals surface area contributed by atoms with Crippen molar-refractivity contribution in [1.82, 2.24) is 5.32 Å². The average Bonchev–Trinajstić information content (AvgIpc) is 2.31. The highest BCUT2D eigenvalue weighted by Crippen LogP contribution is 2.30. The molecule has 1 heterocycles. The summed E-state index contributed by atoms with van der Waals surface area (Å²) in [6, 6.07) is 0. The van der Waals surface area contributed by atoms with Crippen LogP contribution in [0.4, 0.5) is 0 Å². The maximum Gasteiger partial charge on any atom is 0.0466 e. The molecule has 0 amide bonds. The molecule has 1 aliphatic heterocycles. The van der Waals surface area contributed by atoms with Crippen LogP contribution >= 0.6 is 15.9 Å². The van der Waals surface area contributed by atoms with Crippen molar-refractivity contribution in [2.75, 3.05) is 0 Å². The third-order valence-corrected chi connectivity index (χ3v) is 3.13. The van der Waals surface area contributed by atoms with Crippen LogP contribution in [0.2, 0.25) is 0 Å². The van der Waals surface area contributed by atoms with Gasteiger partial charge >= 0.3 is 0 Å². The molecule has 14 heavy (non-hydrogen) atoms. The summed E-state index contributed by atoms with van der Waals surface area (Å²) < 4.78 is 1.12. The summed E-state index contributed by atoms with van der Waals surface area (Å²) in [5.41, 5.74) is 4.88. The van der Waals surface area contributed by atoms with Gasteiger partial charge in [-0.25, -0.2) is 0 Å². The smallest absolute Gasteiger partial charge is 0.0466 e. The molecule has 2 rings (SSSR count). The number of dihydropyridines is 1. The molecule has 2 heteroatoms. The molecule has 0 unspecified atom stereocenters. The Morgan fingerprint density at radius 3 is 2.64 bits per heavy atom. The summed E-state index contributed by atoms with van der Waals surface area (Å²) in [4.78, 5) is 0. The van der Waals surface area contributed by atoms with Gasteiger partial charge in [-0.3, -0.25) is 0 Å². The Labute approximate surface area is 92.7 Å². The predicted molar refractivity (Wildman–Crippen MR) is 63.8 cm³/mol. The van der Waals surface area contributed by atoms with E-state index in [2.05, 4.69) is 53.3 Å². The molecule has 0 aromatic rings. The third kappa shape index (κ3) is 1.62. The first kappa shape index (κ1) is 9.53. The molecule has 0 radical (unpaired) electrons. The van der Waals surface area contributed by atoms with Crippen LogP contribution < -0.4 is 5.32 Å². The first-order chi connectivity index (χ1) is 6.68. The lowest BCUT2D eigenvalue weighted by atomic mass is 10.0. The zero-order chi connectivity index (χ0) is 10.1. The topological polar surface area (TPSA) is 12.0 Å². The van der Waals surface area contributed by atoms with Gasteiger partial charge in [-0.05, 0) is 37.6 Å². The minimum absolute atomic E-state index is 1.12. The molecule has 0 saturated carbocycles. The lowest BCUT2D eigenvalue weighted by molar-refractivity contribution is 0.945. The maximum atomic E-state index is 3.57. The van der Waals surface area contributed by atoms with Crippen LogP contribution in [0, 0.1) is 0 Å². The van der Waals surface area contributed by atoms with Gasteiger partial charge < -0.3 is 5.32 Å². The second kappa shape index (κ2) is 3.62. The number of halogens is 1. The molecule has 2 aliphatic rings. The van der Waals surface area contributed by atoms with E-state index >= 15 is 0 Å². The minimum Gasteiger partial charge on any atom is -0.358 e. The number of nitrogens with one attached hydrogen (secondary N) is 1. The van der Waals surface area contributed by atoms with Gasteiger partial charge in [-0.15, -0.1) is 0 Å². The van der Waals surface area contributed by atoms with E-state index in [-0.39, 0.29) is 0 Å². The molecule has 0 atom stereocenters. The van der Waals surface area contributed by atoms with E-state index in [0.717, 1.165) is 10.2 Å². The summed E-state index contributed by atoms with van der Waals surface area (Å²) in [6.45, 7) is 4.21. The summed E-state index contributed by atoms with van der Waals surface area (Å²) in [5.74, 6) is 0. The number of rotatable bonds is 0. The molecule has 1 nitrogen and oxygen atoms in total. The molecular formula is C12H12BrN. The van der Waals surface area contributed by atoms with Crippen molar-refractivity contribution in [2.24, 2.45) is 0 Å². The number of allylic oxidation sites excluding steroid dienone is 8. The van der Waals surface area contributed by atoms with Gasteiger partial charge in [0.25, 0.3) is 0 Å². The second-order valence-corrected chi connectivity index (χ2v) is 4.33. The first-order valence-electron chi connectivity index (χ1n) is 4.59. The summed E-state index contributed by atoms with van der Waals surface area (Å²) in [7, 11) is 0. The van der Waals surface area contributed by atoms with Crippen LogP contribution in [0.1, 0.15) is 13.8 Å². The predicted octanol–water partition coefficient (Wildman–Crippen LogP) is 3.54. The van der Waals surface area contributed by atoms with Crippen LogP contribution in [0.25, 0.3) is 0 Å². The van der Waals surface area contributed by atoms with Gasteiger partial charge in [-0.2, -0.15) is 0 Å². The van der Waals surface area contributed by atoms with Gasteiger partial charge in [0.1, 0.15) is 0 Å². The lowest BCUT2D eigenvalue weighted by Crippen LogP contribution is -2.17. The van der Waals surface area contributed by atoms with Crippen molar-refractivity contribution in [3.63, 3.8) is 0 Å². The minimum atomic E-state index is 1.12. The Kier molecular flexibility index (Phi) is 2.46. The summed E-state index contributed by atoms with van der Waals surface area (Å²) in [5, 5.41) is 3.39. The van der Waals surface area contributed by atoms with Crippen LogP contribution in [-0.2, 0) is 0 Å². The molecule has 1 aliphatic carbocycles. The normalized spacial score (nSPS) is 20.4. The Morgan fingerprint density at radius 2 is 1.86 bits per heavy atom. The van der Waals surface area contributed by atoms with Crippen molar-refractivity contribution < 1.29 is 0 Å². The van der Waals surface area contributed by atoms with Crippen LogP contribution in [0.3, 0.4) is 0 Å². The molecular weight excluding hydrogens is 238 g/mol. The van der Waals surface area contributed by atoms with E-state index in [1.54, 1.807) is 0 Å². The SMILES string of the molecule is CC1=C(C)NC2=CC=CC=C(Br)C2=C1. The fourth-order valence-electron chi connectivity index (χ4n) is 1.48. The molecule has 72 valence electrons. The Morgan fingerprint density at radius 1 is 1.14 bits per heavy atom. The summed E-state index contributed by atoms with van der Waals surface area (Å²) in [6.07, 6.45) is 10.4. The highest BCUT2D eigenvalue weighted by atomic mass is 79.9. The number of fused-ring (bicyclic) bond motifs is 1. The first-order valence-corrected chi connectivity index (χ1v) is 5.39. The highest BCUT2D eigenvalue weighted by Gasteiger charge is 2.14. The quantitative estimate of drug-likeness (QED) is 0.693. The van der Waals surface area contributed by atoms with E-state index in [9.17, 15) is 0 Å². The fourth-order valence-corrected chi connectivity index (χ4v) is 1.96. The fraction of sp³-hybridized carbons (Fsp3) is 0.167. The molecule has 0 fully saturated rings. The van der Waals surface area contributed by atoms with Gasteiger partial charge in [0.15, 0.2) is 0 Å². The van der Waals surface area contributed by atoms with Crippen LogP contribution in [-0.4, -0.2) is 0 Å². The molecule has 0 spiro atoms. The zero-order valence-electron chi connectivity index (χ0n) is 8.26. The molecule has 0 aromatic heterocycles. The van der Waals surface area contributed by atoms with Crippen molar-refractivity contribution >= 4 is 15.9 Å². The van der Waals surface area contributed by atoms with Crippen LogP contribution in [0.5, 0.6) is 0 Å². The van der Waals surface area contributed by atoms with E-state index in [1.807, 2.05) is 12.2 Å². The van der Waals surface area contributed by atoms with E-state index in [4.69, 9.17) is 0 Å². The van der Waals surface area contributed by atoms with Gasteiger partial charge in [0.05, 0.1) is 0 Å². The molecule has 0 aromatic carbocycles. The van der Waals surface area contributed by atoms with Gasteiger partial charge in [-0.1, -0.05) is 28.1 Å². The summed E-state index contributed by atoms with van der Waals surface area (Å²) >= 11 is 3.57. The number of hydrogen-bond acceptors (Lipinski definition) is 1. The van der Waals surface area contributed by atoms with Crippen molar-refractivity contribution in [1.29, 1.82) is 0 Å². The second-order valence-electron chi connectivity index (χ2n) is 3.47. The maximum absolute atomic E-state index is 3.57. The van der Waals surface area contributed by atoms with Gasteiger partial charge in [0.2, 0.25) is 0 Å². The zero-order valence-corrected chi connectivity index (χ0v) is 9.85. The van der Waals surface area contributed by atoms with Crippen LogP contribution in [0.15, 0.2) is 57.4 Å². The molecule has 1 N–H and O–H groups in total. The Hall–Kier alpha value is -1.02. The molecule has 0 bridgehead atoms. The van der Waals surface area contributed by atoms with Crippen molar-refractivity contribution in [2.45, 2.75) is 13.8 Å². The van der Waals surface area contributed by atoms with E-state index in [0.29, 0.717) is 0 Å². The monoisotopic (exact) mass is 249 g/mol. The average molecular weight is 250 g/mol. The largest absolute Gasteiger partial charge is 0.358 e. The third-order valence-electron chi connectivity index (χ3n) is 2.44. The van der Waals surface area contributed by atoms with Crippen molar-refractivity contribution in [3.8, 4) is 0 Å². The number of hydrogen-bond donors (Lipinski definition) is 1. The Bertz CT molecular complexity index is 420. The van der Waals surface area contributed by atoms with Gasteiger partial charge in [0, 0.05) is 21.4 Å². The standard InChI is InChI=1S/C12H12BrN/c1-8-7-10-11(13)5-3-4-6-12(10)14-9(8)2/h3-7,14H,1-2H3. The van der Waals surface area contributed by atoms with Crippen molar-refractivity contribution in [3.05, 3.63) is 57.4 Å². The van der Waals surface area contributed by atoms with E-state index < -0.39 is 0 Å².